The molecule has 0 fully saturated rings. The zero-order chi connectivity index (χ0) is 21.0. The number of methoxy groups -OCH3 is 2. The molecule has 1 aromatic heterocycles. The van der Waals surface area contributed by atoms with E-state index in [0.717, 1.165) is 0 Å². The van der Waals surface area contributed by atoms with Crippen molar-refractivity contribution >= 4 is 29.2 Å². The average molecular weight is 390 g/mol. The highest BCUT2D eigenvalue weighted by atomic mass is 16.6. The Morgan fingerprint density at radius 3 is 2.07 bits per heavy atom. The van der Waals surface area contributed by atoms with Crippen molar-refractivity contribution < 1.29 is 28.8 Å². The van der Waals surface area contributed by atoms with Crippen molar-refractivity contribution in [3.63, 3.8) is 0 Å². The molecule has 0 bridgehead atoms. The van der Waals surface area contributed by atoms with Crippen LogP contribution in [0.25, 0.3) is 0 Å². The van der Waals surface area contributed by atoms with Crippen molar-refractivity contribution in [2.75, 3.05) is 19.5 Å². The maximum Gasteiger partial charge on any atom is 0.337 e. The van der Waals surface area contributed by atoms with Crippen LogP contribution in [-0.2, 0) is 20.8 Å². The minimum Gasteiger partial charge on any atom is -0.465 e. The number of nitro groups is 1. The summed E-state index contributed by atoms with van der Waals surface area (Å²) in [5.41, 5.74) is 0.509. The highest BCUT2D eigenvalue weighted by Crippen LogP contribution is 2.22. The van der Waals surface area contributed by atoms with Crippen LogP contribution in [0.5, 0.6) is 0 Å². The molecule has 28 heavy (non-hydrogen) atoms. The second-order valence-electron chi connectivity index (χ2n) is 5.76. The molecule has 11 heteroatoms. The van der Waals surface area contributed by atoms with E-state index in [9.17, 15) is 24.5 Å². The zero-order valence-corrected chi connectivity index (χ0v) is 15.6. The molecule has 0 spiro atoms. The van der Waals surface area contributed by atoms with Gasteiger partial charge in [0.05, 0.1) is 30.3 Å². The van der Waals surface area contributed by atoms with Crippen LogP contribution in [0.15, 0.2) is 18.2 Å². The first kappa shape index (κ1) is 20.6. The number of aryl methyl sites for hydroxylation is 1. The normalized spacial score (nSPS) is 10.3. The summed E-state index contributed by atoms with van der Waals surface area (Å²) in [6.45, 7) is 2.66. The Balaban J connectivity index is 2.28. The quantitative estimate of drug-likeness (QED) is 0.445. The number of amides is 1. The molecule has 148 valence electrons. The molecule has 0 unspecified atom stereocenters. The van der Waals surface area contributed by atoms with Crippen LogP contribution < -0.4 is 5.32 Å². The second kappa shape index (κ2) is 8.29. The van der Waals surface area contributed by atoms with Gasteiger partial charge in [-0.3, -0.25) is 19.6 Å². The Bertz CT molecular complexity index is 930. The number of anilines is 1. The standard InChI is InChI=1S/C17H18N4O7/c1-9-15(21(25)26)10(2)20(19-9)8-14(22)18-13-6-11(16(23)27-3)5-12(7-13)17(24)28-4/h5-7H,8H2,1-4H3,(H,18,22). The van der Waals surface area contributed by atoms with E-state index in [4.69, 9.17) is 0 Å². The van der Waals surface area contributed by atoms with E-state index >= 15 is 0 Å². The number of hydrogen-bond acceptors (Lipinski definition) is 8. The molecule has 1 heterocycles. The van der Waals surface area contributed by atoms with Crippen LogP contribution in [0, 0.1) is 24.0 Å². The monoisotopic (exact) mass is 390 g/mol. The Labute approximate surface area is 159 Å². The molecule has 1 aromatic carbocycles. The molecular weight excluding hydrogens is 372 g/mol. The molecule has 0 atom stereocenters. The van der Waals surface area contributed by atoms with Crippen molar-refractivity contribution in [3.05, 3.63) is 50.8 Å². The summed E-state index contributed by atoms with van der Waals surface area (Å²) >= 11 is 0. The number of hydrogen-bond donors (Lipinski definition) is 1. The van der Waals surface area contributed by atoms with Gasteiger partial charge in [0, 0.05) is 5.69 Å². The van der Waals surface area contributed by atoms with E-state index in [0.29, 0.717) is 0 Å². The fraction of sp³-hybridized carbons (Fsp3) is 0.294. The largest absolute Gasteiger partial charge is 0.465 e. The third kappa shape index (κ3) is 4.31. The van der Waals surface area contributed by atoms with Gasteiger partial charge in [0.1, 0.15) is 17.9 Å². The topological polar surface area (TPSA) is 143 Å². The fourth-order valence-corrected chi connectivity index (χ4v) is 2.61. The number of rotatable bonds is 6. The van der Waals surface area contributed by atoms with Crippen LogP contribution >= 0.6 is 0 Å². The van der Waals surface area contributed by atoms with Crippen LogP contribution in [0.4, 0.5) is 11.4 Å². The van der Waals surface area contributed by atoms with E-state index in [2.05, 4.69) is 19.9 Å². The zero-order valence-electron chi connectivity index (χ0n) is 15.6. The molecule has 1 N–H and O–H groups in total. The Morgan fingerprint density at radius 2 is 1.64 bits per heavy atom. The first-order valence-corrected chi connectivity index (χ1v) is 7.97. The summed E-state index contributed by atoms with van der Waals surface area (Å²) in [5, 5.41) is 17.6. The van der Waals surface area contributed by atoms with Gasteiger partial charge in [-0.15, -0.1) is 0 Å². The van der Waals surface area contributed by atoms with E-state index in [1.54, 1.807) is 0 Å². The van der Waals surface area contributed by atoms with Gasteiger partial charge in [-0.2, -0.15) is 5.10 Å². The van der Waals surface area contributed by atoms with E-state index in [-0.39, 0.29) is 40.4 Å². The molecule has 0 saturated carbocycles. The highest BCUT2D eigenvalue weighted by Gasteiger charge is 2.23. The summed E-state index contributed by atoms with van der Waals surface area (Å²) < 4.78 is 10.5. The lowest BCUT2D eigenvalue weighted by Crippen LogP contribution is -2.21. The average Bonchev–Trinajstić information content (AvgIpc) is 2.92. The molecule has 0 aliphatic rings. The molecule has 2 rings (SSSR count). The summed E-state index contributed by atoms with van der Waals surface area (Å²) in [6.07, 6.45) is 0. The molecule has 1 amide bonds. The van der Waals surface area contributed by atoms with Gasteiger partial charge in [0.15, 0.2) is 0 Å². The maximum absolute atomic E-state index is 12.4. The highest BCUT2D eigenvalue weighted by molar-refractivity contribution is 5.99. The van der Waals surface area contributed by atoms with Gasteiger partial charge >= 0.3 is 17.6 Å². The minimum absolute atomic E-state index is 0.0439. The molecule has 11 nitrogen and oxygen atoms in total. The second-order valence-corrected chi connectivity index (χ2v) is 5.76. The summed E-state index contributed by atoms with van der Waals surface area (Å²) in [4.78, 5) is 46.4. The number of carbonyl (C=O) groups is 3. The smallest absolute Gasteiger partial charge is 0.337 e. The number of aromatic nitrogens is 2. The Kier molecular flexibility index (Phi) is 6.08. The third-order valence-electron chi connectivity index (χ3n) is 3.88. The number of esters is 2. The van der Waals surface area contributed by atoms with Crippen molar-refractivity contribution in [2.45, 2.75) is 20.4 Å². The maximum atomic E-state index is 12.4. The number of ether oxygens (including phenoxy) is 2. The van der Waals surface area contributed by atoms with Gasteiger partial charge < -0.3 is 14.8 Å². The van der Waals surface area contributed by atoms with Crippen LogP contribution in [0.2, 0.25) is 0 Å². The van der Waals surface area contributed by atoms with Gasteiger partial charge in [-0.05, 0) is 32.0 Å². The summed E-state index contributed by atoms with van der Waals surface area (Å²) in [6, 6.07) is 3.94. The number of benzene rings is 1. The van der Waals surface area contributed by atoms with E-state index < -0.39 is 22.8 Å². The number of carbonyl (C=O) groups excluding carboxylic acids is 3. The van der Waals surface area contributed by atoms with Gasteiger partial charge in [0.2, 0.25) is 5.91 Å². The molecule has 2 aromatic rings. The molecule has 0 radical (unpaired) electrons. The lowest BCUT2D eigenvalue weighted by molar-refractivity contribution is -0.386. The summed E-state index contributed by atoms with van der Waals surface area (Å²) in [5.74, 6) is -1.95. The van der Waals surface area contributed by atoms with Crippen molar-refractivity contribution in [1.29, 1.82) is 0 Å². The SMILES string of the molecule is COC(=O)c1cc(NC(=O)Cn2nc(C)c([N+](=O)[O-])c2C)cc(C(=O)OC)c1. The number of nitrogens with zero attached hydrogens (tertiary/aromatic N) is 3. The van der Waals surface area contributed by atoms with E-state index in [1.807, 2.05) is 0 Å². The molecular formula is C17H18N4O7. The molecule has 0 aliphatic heterocycles. The van der Waals surface area contributed by atoms with Crippen LogP contribution in [-0.4, -0.2) is 46.8 Å². The van der Waals surface area contributed by atoms with Gasteiger partial charge in [0.25, 0.3) is 0 Å². The number of nitrogens with one attached hydrogen (secondary N) is 1. The van der Waals surface area contributed by atoms with Gasteiger partial charge in [-0.1, -0.05) is 0 Å². The lowest BCUT2D eigenvalue weighted by Gasteiger charge is -2.10. The minimum atomic E-state index is -0.699. The first-order valence-electron chi connectivity index (χ1n) is 7.97. The summed E-state index contributed by atoms with van der Waals surface area (Å²) in [7, 11) is 2.36. The Morgan fingerprint density at radius 1 is 1.11 bits per heavy atom. The third-order valence-corrected chi connectivity index (χ3v) is 3.88. The van der Waals surface area contributed by atoms with Gasteiger partial charge in [-0.25, -0.2) is 9.59 Å². The predicted molar refractivity (Wildman–Crippen MR) is 96.1 cm³/mol. The Hall–Kier alpha value is -3.76. The van der Waals surface area contributed by atoms with E-state index in [1.165, 1.54) is 50.9 Å². The van der Waals surface area contributed by atoms with Crippen molar-refractivity contribution in [1.82, 2.24) is 9.78 Å². The van der Waals surface area contributed by atoms with Crippen LogP contribution in [0.3, 0.4) is 0 Å². The predicted octanol–water partition coefficient (Wildman–Crippen LogP) is 1.62. The van der Waals surface area contributed by atoms with Crippen molar-refractivity contribution in [3.8, 4) is 0 Å². The fourth-order valence-electron chi connectivity index (χ4n) is 2.61. The van der Waals surface area contributed by atoms with Crippen molar-refractivity contribution in [2.24, 2.45) is 0 Å². The first-order chi connectivity index (χ1) is 13.2. The van der Waals surface area contributed by atoms with Crippen LogP contribution in [0.1, 0.15) is 32.1 Å². The molecule has 0 aliphatic carbocycles. The lowest BCUT2D eigenvalue weighted by atomic mass is 10.1. The molecule has 0 saturated heterocycles.